The summed E-state index contributed by atoms with van der Waals surface area (Å²) in [6, 6.07) is 0. The minimum Gasteiger partial charge on any atom is -0.460 e. The predicted octanol–water partition coefficient (Wildman–Crippen LogP) is 1.27. The number of carbonyl (C=O) groups is 1. The Kier molecular flexibility index (Phi) is 3.96. The van der Waals surface area contributed by atoms with Crippen LogP contribution in [0, 0.1) is 5.92 Å². The standard InChI is InChI=1S/C10H16O3/c1-8(12)13-10(7-11)9-5-3-2-4-6-9/h2-3,9-11H,4-7H2,1H3. The van der Waals surface area contributed by atoms with E-state index in [9.17, 15) is 4.79 Å². The molecule has 13 heavy (non-hydrogen) atoms. The highest BCUT2D eigenvalue weighted by molar-refractivity contribution is 5.66. The van der Waals surface area contributed by atoms with Crippen LogP contribution in [0.4, 0.5) is 0 Å². The van der Waals surface area contributed by atoms with Gasteiger partial charge >= 0.3 is 5.97 Å². The van der Waals surface area contributed by atoms with Gasteiger partial charge in [0.15, 0.2) is 0 Å². The van der Waals surface area contributed by atoms with Crippen LogP contribution in [0.15, 0.2) is 12.2 Å². The van der Waals surface area contributed by atoms with E-state index in [2.05, 4.69) is 12.2 Å². The molecule has 0 fully saturated rings. The number of carbonyl (C=O) groups excluding carboxylic acids is 1. The summed E-state index contributed by atoms with van der Waals surface area (Å²) >= 11 is 0. The second-order valence-electron chi connectivity index (χ2n) is 3.37. The molecule has 1 rings (SSSR count). The highest BCUT2D eigenvalue weighted by Crippen LogP contribution is 2.23. The number of esters is 1. The Labute approximate surface area is 78.4 Å². The van der Waals surface area contributed by atoms with Gasteiger partial charge in [-0.15, -0.1) is 0 Å². The van der Waals surface area contributed by atoms with E-state index in [0.29, 0.717) is 5.92 Å². The van der Waals surface area contributed by atoms with Gasteiger partial charge in [0.25, 0.3) is 0 Å². The molecule has 0 spiro atoms. The third-order valence-corrected chi connectivity index (χ3v) is 2.33. The maximum Gasteiger partial charge on any atom is 0.302 e. The molecule has 0 aromatic carbocycles. The Hall–Kier alpha value is -0.830. The molecule has 0 bridgehead atoms. The highest BCUT2D eigenvalue weighted by Gasteiger charge is 2.23. The van der Waals surface area contributed by atoms with Gasteiger partial charge in [0.05, 0.1) is 6.61 Å². The van der Waals surface area contributed by atoms with Gasteiger partial charge in [-0.25, -0.2) is 0 Å². The summed E-state index contributed by atoms with van der Waals surface area (Å²) in [5, 5.41) is 9.03. The van der Waals surface area contributed by atoms with Crippen LogP contribution in [0.25, 0.3) is 0 Å². The summed E-state index contributed by atoms with van der Waals surface area (Å²) in [6.45, 7) is 1.30. The first kappa shape index (κ1) is 10.3. The Balaban J connectivity index is 2.45. The van der Waals surface area contributed by atoms with Crippen molar-refractivity contribution in [3.8, 4) is 0 Å². The van der Waals surface area contributed by atoms with E-state index in [0.717, 1.165) is 19.3 Å². The van der Waals surface area contributed by atoms with Crippen LogP contribution in [0.3, 0.4) is 0 Å². The monoisotopic (exact) mass is 184 g/mol. The molecule has 0 amide bonds. The van der Waals surface area contributed by atoms with Crippen LogP contribution < -0.4 is 0 Å². The number of ether oxygens (including phenoxy) is 1. The van der Waals surface area contributed by atoms with E-state index in [4.69, 9.17) is 9.84 Å². The normalized spacial score (nSPS) is 24.0. The average molecular weight is 184 g/mol. The Bertz CT molecular complexity index is 198. The van der Waals surface area contributed by atoms with Gasteiger partial charge in [0.1, 0.15) is 6.10 Å². The zero-order chi connectivity index (χ0) is 9.68. The third-order valence-electron chi connectivity index (χ3n) is 2.33. The number of allylic oxidation sites excluding steroid dienone is 2. The van der Waals surface area contributed by atoms with Gasteiger partial charge in [-0.05, 0) is 19.3 Å². The second kappa shape index (κ2) is 5.02. The van der Waals surface area contributed by atoms with Crippen molar-refractivity contribution in [2.24, 2.45) is 5.92 Å². The second-order valence-corrected chi connectivity index (χ2v) is 3.37. The molecule has 0 aliphatic heterocycles. The maximum atomic E-state index is 10.7. The smallest absolute Gasteiger partial charge is 0.302 e. The first-order valence-electron chi connectivity index (χ1n) is 4.67. The largest absolute Gasteiger partial charge is 0.460 e. The van der Waals surface area contributed by atoms with Crippen molar-refractivity contribution in [1.29, 1.82) is 0 Å². The van der Waals surface area contributed by atoms with Crippen LogP contribution in [0.1, 0.15) is 26.2 Å². The maximum absolute atomic E-state index is 10.7. The zero-order valence-corrected chi connectivity index (χ0v) is 7.90. The van der Waals surface area contributed by atoms with Gasteiger partial charge in [-0.1, -0.05) is 12.2 Å². The van der Waals surface area contributed by atoms with Crippen LogP contribution in [0.5, 0.6) is 0 Å². The Morgan fingerprint density at radius 1 is 1.69 bits per heavy atom. The van der Waals surface area contributed by atoms with Gasteiger partial charge in [-0.2, -0.15) is 0 Å². The summed E-state index contributed by atoms with van der Waals surface area (Å²) < 4.78 is 5.02. The Morgan fingerprint density at radius 2 is 2.46 bits per heavy atom. The lowest BCUT2D eigenvalue weighted by molar-refractivity contribution is -0.151. The molecule has 2 unspecified atom stereocenters. The quantitative estimate of drug-likeness (QED) is 0.530. The summed E-state index contributed by atoms with van der Waals surface area (Å²) in [6.07, 6.45) is 6.80. The lowest BCUT2D eigenvalue weighted by Crippen LogP contribution is -2.30. The molecule has 0 aromatic heterocycles. The van der Waals surface area contributed by atoms with Crippen molar-refractivity contribution in [1.82, 2.24) is 0 Å². The van der Waals surface area contributed by atoms with E-state index < -0.39 is 0 Å². The lowest BCUT2D eigenvalue weighted by Gasteiger charge is -2.25. The fourth-order valence-electron chi connectivity index (χ4n) is 1.65. The minimum absolute atomic E-state index is 0.0713. The fourth-order valence-corrected chi connectivity index (χ4v) is 1.65. The van der Waals surface area contributed by atoms with Crippen LogP contribution in [0.2, 0.25) is 0 Å². The molecule has 3 heteroatoms. The zero-order valence-electron chi connectivity index (χ0n) is 7.90. The number of hydrogen-bond donors (Lipinski definition) is 1. The molecule has 2 atom stereocenters. The van der Waals surface area contributed by atoms with Crippen LogP contribution in [-0.2, 0) is 9.53 Å². The molecule has 0 heterocycles. The van der Waals surface area contributed by atoms with E-state index in [-0.39, 0.29) is 18.7 Å². The molecule has 74 valence electrons. The molecular formula is C10H16O3. The molecule has 0 saturated heterocycles. The molecule has 0 aromatic rings. The van der Waals surface area contributed by atoms with Crippen molar-refractivity contribution in [3.05, 3.63) is 12.2 Å². The van der Waals surface area contributed by atoms with Gasteiger partial charge in [0.2, 0.25) is 0 Å². The summed E-state index contributed by atoms with van der Waals surface area (Å²) in [5.74, 6) is -0.0208. The minimum atomic E-state index is -0.317. The third kappa shape index (κ3) is 3.19. The molecule has 3 nitrogen and oxygen atoms in total. The van der Waals surface area contributed by atoms with E-state index in [1.807, 2.05) is 0 Å². The molecule has 0 radical (unpaired) electrons. The van der Waals surface area contributed by atoms with E-state index in [1.165, 1.54) is 6.92 Å². The average Bonchev–Trinajstić information content (AvgIpc) is 2.15. The number of aliphatic hydroxyl groups is 1. The van der Waals surface area contributed by atoms with Crippen molar-refractivity contribution in [2.75, 3.05) is 6.61 Å². The Morgan fingerprint density at radius 3 is 2.92 bits per heavy atom. The molecule has 1 aliphatic rings. The van der Waals surface area contributed by atoms with Gasteiger partial charge < -0.3 is 9.84 Å². The van der Waals surface area contributed by atoms with Gasteiger partial charge in [-0.3, -0.25) is 4.79 Å². The van der Waals surface area contributed by atoms with Crippen LogP contribution in [-0.4, -0.2) is 23.8 Å². The predicted molar refractivity (Wildman–Crippen MR) is 49.1 cm³/mol. The van der Waals surface area contributed by atoms with Crippen molar-refractivity contribution >= 4 is 5.97 Å². The first-order valence-corrected chi connectivity index (χ1v) is 4.67. The van der Waals surface area contributed by atoms with Crippen molar-refractivity contribution in [3.63, 3.8) is 0 Å². The number of hydrogen-bond acceptors (Lipinski definition) is 3. The first-order chi connectivity index (χ1) is 6.24. The molecular weight excluding hydrogens is 168 g/mol. The molecule has 0 saturated carbocycles. The van der Waals surface area contributed by atoms with Crippen molar-refractivity contribution in [2.45, 2.75) is 32.3 Å². The summed E-state index contributed by atoms with van der Waals surface area (Å²) in [4.78, 5) is 10.7. The summed E-state index contributed by atoms with van der Waals surface area (Å²) in [7, 11) is 0. The highest BCUT2D eigenvalue weighted by atomic mass is 16.5. The molecule has 1 aliphatic carbocycles. The van der Waals surface area contributed by atoms with Crippen molar-refractivity contribution < 1.29 is 14.6 Å². The number of rotatable bonds is 3. The van der Waals surface area contributed by atoms with E-state index >= 15 is 0 Å². The molecule has 1 N–H and O–H groups in total. The number of aliphatic hydroxyl groups excluding tert-OH is 1. The van der Waals surface area contributed by atoms with Crippen LogP contribution >= 0.6 is 0 Å². The lowest BCUT2D eigenvalue weighted by atomic mass is 9.89. The fraction of sp³-hybridized carbons (Fsp3) is 0.700. The SMILES string of the molecule is CC(=O)OC(CO)C1CC=CCC1. The summed E-state index contributed by atoms with van der Waals surface area (Å²) in [5.41, 5.74) is 0. The van der Waals surface area contributed by atoms with Gasteiger partial charge in [0, 0.05) is 12.8 Å². The van der Waals surface area contributed by atoms with E-state index in [1.54, 1.807) is 0 Å². The topological polar surface area (TPSA) is 46.5 Å².